The van der Waals surface area contributed by atoms with E-state index in [-0.39, 0.29) is 18.1 Å². The molecule has 0 bridgehead atoms. The molecule has 1 fully saturated rings. The second-order valence-corrected chi connectivity index (χ2v) is 6.85. The predicted molar refractivity (Wildman–Crippen MR) is 92.4 cm³/mol. The van der Waals surface area contributed by atoms with Crippen molar-refractivity contribution in [2.45, 2.75) is 45.3 Å². The number of hydrogen-bond acceptors (Lipinski definition) is 4. The number of ether oxygens (including phenoxy) is 2. The zero-order chi connectivity index (χ0) is 17.7. The average Bonchev–Trinajstić information content (AvgIpc) is 3.01. The third-order valence-corrected chi connectivity index (χ3v) is 3.82. The summed E-state index contributed by atoms with van der Waals surface area (Å²) < 4.78 is 10.1. The van der Waals surface area contributed by atoms with E-state index in [9.17, 15) is 9.59 Å². The molecule has 1 amide bonds. The van der Waals surface area contributed by atoms with Crippen LogP contribution in [-0.2, 0) is 14.3 Å². The lowest BCUT2D eigenvalue weighted by Crippen LogP contribution is -2.36. The fourth-order valence-electron chi connectivity index (χ4n) is 2.71. The second kappa shape index (κ2) is 7.51. The van der Waals surface area contributed by atoms with Gasteiger partial charge in [0.1, 0.15) is 5.60 Å². The maximum Gasteiger partial charge on any atom is 0.410 e. The van der Waals surface area contributed by atoms with Crippen LogP contribution in [0.15, 0.2) is 30.3 Å². The van der Waals surface area contributed by atoms with Crippen LogP contribution in [0.5, 0.6) is 0 Å². The van der Waals surface area contributed by atoms with Gasteiger partial charge in [0.2, 0.25) is 0 Å². The van der Waals surface area contributed by atoms with Crippen molar-refractivity contribution < 1.29 is 19.1 Å². The summed E-state index contributed by atoms with van der Waals surface area (Å²) in [5, 5.41) is 0. The summed E-state index contributed by atoms with van der Waals surface area (Å²) in [6.07, 6.45) is 4.72. The average molecular weight is 331 g/mol. The van der Waals surface area contributed by atoms with Gasteiger partial charge < -0.3 is 14.4 Å². The molecular formula is C19H25NO4. The van der Waals surface area contributed by atoms with Crippen molar-refractivity contribution in [1.82, 2.24) is 4.90 Å². The molecule has 1 aliphatic rings. The number of nitrogens with zero attached hydrogens (tertiary/aromatic N) is 1. The molecule has 0 radical (unpaired) electrons. The van der Waals surface area contributed by atoms with Crippen molar-refractivity contribution in [3.8, 4) is 0 Å². The molecule has 1 saturated heterocycles. The molecule has 1 heterocycles. The van der Waals surface area contributed by atoms with Crippen LogP contribution in [0.1, 0.15) is 50.8 Å². The minimum atomic E-state index is -0.493. The molecule has 0 saturated carbocycles. The maximum absolute atomic E-state index is 12.4. The number of esters is 1. The van der Waals surface area contributed by atoms with Gasteiger partial charge in [-0.25, -0.2) is 9.59 Å². The van der Waals surface area contributed by atoms with Crippen LogP contribution >= 0.6 is 0 Å². The minimum absolute atomic E-state index is 0.0403. The highest BCUT2D eigenvalue weighted by Gasteiger charge is 2.32. The fraction of sp³-hybridized carbons (Fsp3) is 0.474. The van der Waals surface area contributed by atoms with Gasteiger partial charge in [-0.15, -0.1) is 0 Å². The highest BCUT2D eigenvalue weighted by Crippen LogP contribution is 2.33. The van der Waals surface area contributed by atoms with Crippen LogP contribution in [0, 0.1) is 0 Å². The molecule has 0 aromatic heterocycles. The monoisotopic (exact) mass is 331 g/mol. The number of carbonyl (C=O) groups excluding carboxylic acids is 2. The quantitative estimate of drug-likeness (QED) is 0.622. The summed E-state index contributed by atoms with van der Waals surface area (Å²) in [6, 6.07) is 7.88. The van der Waals surface area contributed by atoms with Gasteiger partial charge in [0.15, 0.2) is 0 Å². The van der Waals surface area contributed by atoms with E-state index in [2.05, 4.69) is 4.74 Å². The molecule has 2 rings (SSSR count). The minimum Gasteiger partial charge on any atom is -0.466 e. The Bertz CT molecular complexity index is 613. The summed E-state index contributed by atoms with van der Waals surface area (Å²) >= 11 is 0. The zero-order valence-electron chi connectivity index (χ0n) is 14.7. The fourth-order valence-corrected chi connectivity index (χ4v) is 2.71. The summed E-state index contributed by atoms with van der Waals surface area (Å²) in [6.45, 7) is 6.33. The van der Waals surface area contributed by atoms with E-state index >= 15 is 0 Å². The van der Waals surface area contributed by atoms with Crippen molar-refractivity contribution in [2.75, 3.05) is 13.7 Å². The van der Waals surface area contributed by atoms with Crippen molar-refractivity contribution in [1.29, 1.82) is 0 Å². The van der Waals surface area contributed by atoms with Gasteiger partial charge in [-0.1, -0.05) is 24.3 Å². The van der Waals surface area contributed by atoms with Gasteiger partial charge >= 0.3 is 12.1 Å². The number of carbonyl (C=O) groups is 2. The molecule has 5 nitrogen and oxygen atoms in total. The molecule has 5 heteroatoms. The molecule has 130 valence electrons. The maximum atomic E-state index is 12.4. The van der Waals surface area contributed by atoms with Crippen molar-refractivity contribution in [2.24, 2.45) is 0 Å². The molecule has 24 heavy (non-hydrogen) atoms. The van der Waals surface area contributed by atoms with E-state index in [1.54, 1.807) is 11.0 Å². The van der Waals surface area contributed by atoms with E-state index in [1.165, 1.54) is 13.2 Å². The highest BCUT2D eigenvalue weighted by atomic mass is 16.6. The Hall–Kier alpha value is -2.30. The van der Waals surface area contributed by atoms with E-state index in [0.29, 0.717) is 6.54 Å². The summed E-state index contributed by atoms with van der Waals surface area (Å²) in [5.41, 5.74) is 1.49. The number of hydrogen-bond donors (Lipinski definition) is 0. The second-order valence-electron chi connectivity index (χ2n) is 6.85. The van der Waals surface area contributed by atoms with E-state index in [4.69, 9.17) is 4.74 Å². The first-order valence-corrected chi connectivity index (χ1v) is 8.16. The largest absolute Gasteiger partial charge is 0.466 e. The standard InChI is InChI=1S/C19H25NO4/c1-19(2,3)24-18(22)20-13-5-6-16(20)15-10-7-14(8-11-15)9-12-17(21)23-4/h7-12,16H,5-6,13H2,1-4H3/t16-/m0/s1. The molecular weight excluding hydrogens is 306 g/mol. The lowest BCUT2D eigenvalue weighted by atomic mass is 10.0. The van der Waals surface area contributed by atoms with Gasteiger partial charge in [-0.2, -0.15) is 0 Å². The van der Waals surface area contributed by atoms with Gasteiger partial charge in [0, 0.05) is 12.6 Å². The lowest BCUT2D eigenvalue weighted by Gasteiger charge is -2.28. The summed E-state index contributed by atoms with van der Waals surface area (Å²) in [5.74, 6) is -0.383. The van der Waals surface area contributed by atoms with Gasteiger partial charge in [-0.3, -0.25) is 0 Å². The first-order chi connectivity index (χ1) is 11.3. The normalized spacial score (nSPS) is 18.0. The molecule has 0 spiro atoms. The predicted octanol–water partition coefficient (Wildman–Crippen LogP) is 3.94. The number of amides is 1. The Morgan fingerprint density at radius 1 is 1.21 bits per heavy atom. The van der Waals surface area contributed by atoms with Crippen LogP contribution < -0.4 is 0 Å². The molecule has 1 aliphatic heterocycles. The van der Waals surface area contributed by atoms with Crippen molar-refractivity contribution in [3.05, 3.63) is 41.5 Å². The van der Waals surface area contributed by atoms with Crippen molar-refractivity contribution in [3.63, 3.8) is 0 Å². The van der Waals surface area contributed by atoms with Crippen LogP contribution in [0.2, 0.25) is 0 Å². The molecule has 0 N–H and O–H groups in total. The summed E-state index contributed by atoms with van der Waals surface area (Å²) in [7, 11) is 1.35. The molecule has 1 atom stereocenters. The first-order valence-electron chi connectivity index (χ1n) is 8.16. The smallest absolute Gasteiger partial charge is 0.410 e. The van der Waals surface area contributed by atoms with Crippen LogP contribution in [-0.4, -0.2) is 36.2 Å². The molecule has 1 aromatic rings. The third-order valence-electron chi connectivity index (χ3n) is 3.82. The molecule has 1 aromatic carbocycles. The van der Waals surface area contributed by atoms with Gasteiger partial charge in [0.25, 0.3) is 0 Å². The number of methoxy groups -OCH3 is 1. The first kappa shape index (κ1) is 18.0. The van der Waals surface area contributed by atoms with E-state index < -0.39 is 5.60 Å². The van der Waals surface area contributed by atoms with Crippen LogP contribution in [0.3, 0.4) is 0 Å². The highest BCUT2D eigenvalue weighted by molar-refractivity contribution is 5.86. The molecule has 0 unspecified atom stereocenters. The SMILES string of the molecule is COC(=O)C=Cc1ccc([C@@H]2CCCN2C(=O)OC(C)(C)C)cc1. The van der Waals surface area contributed by atoms with Gasteiger partial charge in [-0.05, 0) is 50.8 Å². The Morgan fingerprint density at radius 3 is 2.46 bits per heavy atom. The van der Waals surface area contributed by atoms with E-state index in [1.807, 2.05) is 45.0 Å². The van der Waals surface area contributed by atoms with Crippen molar-refractivity contribution >= 4 is 18.1 Å². The molecule has 0 aliphatic carbocycles. The zero-order valence-corrected chi connectivity index (χ0v) is 14.7. The topological polar surface area (TPSA) is 55.8 Å². The van der Waals surface area contributed by atoms with Crippen LogP contribution in [0.4, 0.5) is 4.79 Å². The van der Waals surface area contributed by atoms with Crippen LogP contribution in [0.25, 0.3) is 6.08 Å². The number of rotatable bonds is 3. The Kier molecular flexibility index (Phi) is 5.65. The van der Waals surface area contributed by atoms with E-state index in [0.717, 1.165) is 24.0 Å². The Labute approximate surface area is 143 Å². The number of benzene rings is 1. The third kappa shape index (κ3) is 4.85. The van der Waals surface area contributed by atoms with Gasteiger partial charge in [0.05, 0.1) is 13.2 Å². The number of likely N-dealkylation sites (tertiary alicyclic amines) is 1. The Balaban J connectivity index is 2.08. The lowest BCUT2D eigenvalue weighted by molar-refractivity contribution is -0.134. The Morgan fingerprint density at radius 2 is 1.88 bits per heavy atom. The summed E-state index contributed by atoms with van der Waals surface area (Å²) in [4.78, 5) is 25.3.